The van der Waals surface area contributed by atoms with Crippen molar-refractivity contribution in [3.05, 3.63) is 28.7 Å². The third-order valence-corrected chi connectivity index (χ3v) is 16.0. The summed E-state index contributed by atoms with van der Waals surface area (Å²) in [4.78, 5) is 38.6. The zero-order valence-electron chi connectivity index (χ0n) is 25.6. The van der Waals surface area contributed by atoms with Crippen molar-refractivity contribution >= 4 is 32.3 Å². The lowest BCUT2D eigenvalue weighted by Gasteiger charge is -2.52. The molecule has 1 aliphatic carbocycles. The molecule has 4 heterocycles. The zero-order valence-corrected chi connectivity index (χ0v) is 26.6. The molecule has 4 bridgehead atoms. The molecule has 226 valence electrons. The van der Waals surface area contributed by atoms with Gasteiger partial charge in [-0.3, -0.25) is 4.79 Å². The minimum Gasteiger partial charge on any atom is -0.465 e. The molecule has 1 unspecified atom stereocenters. The number of rotatable bonds is 7. The number of methoxy groups -OCH3 is 1. The molecular formula is C31H44O9Si. The van der Waals surface area contributed by atoms with Crippen molar-refractivity contribution in [2.24, 2.45) is 5.92 Å². The molecule has 4 aliphatic rings. The predicted molar refractivity (Wildman–Crippen MR) is 153 cm³/mol. The van der Waals surface area contributed by atoms with Crippen molar-refractivity contribution in [1.82, 2.24) is 0 Å². The van der Waals surface area contributed by atoms with E-state index in [1.54, 1.807) is 6.07 Å². The Kier molecular flexibility index (Phi) is 7.83. The first-order valence-electron chi connectivity index (χ1n) is 14.9. The van der Waals surface area contributed by atoms with Crippen LogP contribution in [-0.4, -0.2) is 63.4 Å². The molecule has 1 aromatic heterocycles. The molecule has 9 nitrogen and oxygen atoms in total. The monoisotopic (exact) mass is 588 g/mol. The van der Waals surface area contributed by atoms with E-state index < -0.39 is 50.1 Å². The van der Waals surface area contributed by atoms with Crippen LogP contribution in [0, 0.1) is 5.92 Å². The van der Waals surface area contributed by atoms with E-state index >= 15 is 0 Å². The van der Waals surface area contributed by atoms with Crippen LogP contribution in [0.2, 0.25) is 16.6 Å². The number of fused-ring (bicyclic) bond motifs is 4. The molecule has 0 spiro atoms. The van der Waals surface area contributed by atoms with Crippen LogP contribution in [0.25, 0.3) is 6.08 Å². The van der Waals surface area contributed by atoms with Crippen LogP contribution in [0.5, 0.6) is 0 Å². The van der Waals surface area contributed by atoms with E-state index in [4.69, 9.17) is 27.8 Å². The van der Waals surface area contributed by atoms with Crippen molar-refractivity contribution in [2.75, 3.05) is 7.11 Å². The first kappa shape index (κ1) is 30.0. The van der Waals surface area contributed by atoms with Gasteiger partial charge in [-0.2, -0.15) is 0 Å². The average Bonchev–Trinajstić information content (AvgIpc) is 3.42. The number of furan rings is 1. The minimum absolute atomic E-state index is 0.166. The second-order valence-electron chi connectivity index (χ2n) is 13.2. The number of hydrogen-bond donors (Lipinski definition) is 0. The largest absolute Gasteiger partial charge is 0.465 e. The highest BCUT2D eigenvalue weighted by Crippen LogP contribution is 2.58. The Bertz CT molecular complexity index is 1220. The molecule has 2 saturated heterocycles. The Morgan fingerprint density at radius 2 is 1.73 bits per heavy atom. The summed E-state index contributed by atoms with van der Waals surface area (Å²) in [6, 6.07) is 1.72. The van der Waals surface area contributed by atoms with Gasteiger partial charge in [-0.15, -0.1) is 0 Å². The summed E-state index contributed by atoms with van der Waals surface area (Å²) in [6.07, 6.45) is 1.24. The van der Waals surface area contributed by atoms with E-state index in [0.29, 0.717) is 53.0 Å². The molecule has 41 heavy (non-hydrogen) atoms. The van der Waals surface area contributed by atoms with Gasteiger partial charge in [0, 0.05) is 25.4 Å². The summed E-state index contributed by atoms with van der Waals surface area (Å²) < 4.78 is 36.5. The number of epoxide rings is 1. The van der Waals surface area contributed by atoms with E-state index in [-0.39, 0.29) is 17.9 Å². The number of hydrogen-bond acceptors (Lipinski definition) is 9. The first-order chi connectivity index (χ1) is 19.3. The molecule has 3 fully saturated rings. The number of carbonyl (C=O) groups is 3. The highest BCUT2D eigenvalue weighted by atomic mass is 28.4. The molecule has 5 rings (SSSR count). The van der Waals surface area contributed by atoms with Crippen LogP contribution in [-0.2, 0) is 33.0 Å². The molecule has 0 amide bonds. The normalized spacial score (nSPS) is 33.9. The lowest BCUT2D eigenvalue weighted by molar-refractivity contribution is -0.167. The molecule has 0 N–H and O–H groups in total. The van der Waals surface area contributed by atoms with Gasteiger partial charge in [-0.25, -0.2) is 9.59 Å². The molecule has 3 aliphatic heterocycles. The standard InChI is InChI=1S/C31H44O9Si/c1-15(2)41(16(3)4,17(5)6)40-24-13-22-21(24)14-26(36-19(8)32)31-28(39-31)25(38-30(31)34)11-18(7)10-20-12-23(27(22)37-20)29(33)35-9/h10,12,15-17,21-22,24-26,28H,11,13-14H2,1-9H3/b18-10-/t21-,22+,24+,25+,26-,28+,31?/m1/s1. The maximum Gasteiger partial charge on any atom is 0.345 e. The van der Waals surface area contributed by atoms with Crippen molar-refractivity contribution in [3.63, 3.8) is 0 Å². The lowest BCUT2D eigenvalue weighted by Crippen LogP contribution is -2.56. The van der Waals surface area contributed by atoms with Gasteiger partial charge in [-0.1, -0.05) is 47.1 Å². The SMILES string of the molecule is COC(=O)c1cc2oc1[C@H]1C[C@H](O[Si](C(C)C)(C(C)C)C(C)C)[C@@H]1C[C@@H](OC(C)=O)C13O[C@H]1[C@H](C/C(C)=C\2)OC3=O. The van der Waals surface area contributed by atoms with Crippen LogP contribution < -0.4 is 0 Å². The van der Waals surface area contributed by atoms with E-state index in [1.807, 2.05) is 13.0 Å². The number of carbonyl (C=O) groups excluding carboxylic acids is 3. The fourth-order valence-corrected chi connectivity index (χ4v) is 13.6. The van der Waals surface area contributed by atoms with Crippen molar-refractivity contribution in [3.8, 4) is 0 Å². The Morgan fingerprint density at radius 1 is 1.07 bits per heavy atom. The van der Waals surface area contributed by atoms with Gasteiger partial charge in [0.1, 0.15) is 35.4 Å². The maximum absolute atomic E-state index is 13.3. The van der Waals surface area contributed by atoms with E-state index in [2.05, 4.69) is 41.5 Å². The number of esters is 3. The van der Waals surface area contributed by atoms with Crippen LogP contribution in [0.4, 0.5) is 0 Å². The molecule has 0 radical (unpaired) electrons. The second kappa shape index (κ2) is 10.7. The van der Waals surface area contributed by atoms with Crippen LogP contribution in [0.15, 0.2) is 16.1 Å². The molecule has 1 aromatic rings. The van der Waals surface area contributed by atoms with E-state index in [1.165, 1.54) is 14.0 Å². The summed E-state index contributed by atoms with van der Waals surface area (Å²) in [5, 5.41) is 0. The molecule has 1 saturated carbocycles. The molecule has 7 atom stereocenters. The Labute approximate surface area is 243 Å². The van der Waals surface area contributed by atoms with Gasteiger partial charge in [0.25, 0.3) is 0 Å². The molecule has 10 heteroatoms. The van der Waals surface area contributed by atoms with Gasteiger partial charge in [0.2, 0.25) is 13.9 Å². The van der Waals surface area contributed by atoms with E-state index in [0.717, 1.165) is 5.57 Å². The quantitative estimate of drug-likeness (QED) is 0.166. The highest BCUT2D eigenvalue weighted by Gasteiger charge is 2.78. The minimum atomic E-state index is -2.29. The Hall–Kier alpha value is -2.43. The lowest BCUT2D eigenvalue weighted by atomic mass is 9.65. The zero-order chi connectivity index (χ0) is 30.0. The average molecular weight is 589 g/mol. The summed E-state index contributed by atoms with van der Waals surface area (Å²) in [7, 11) is -0.927. The summed E-state index contributed by atoms with van der Waals surface area (Å²) in [6.45, 7) is 16.7. The predicted octanol–water partition coefficient (Wildman–Crippen LogP) is 5.92. The maximum atomic E-state index is 13.3. The van der Waals surface area contributed by atoms with Crippen LogP contribution in [0.3, 0.4) is 0 Å². The second-order valence-corrected chi connectivity index (χ2v) is 18.6. The van der Waals surface area contributed by atoms with Gasteiger partial charge in [0.15, 0.2) is 0 Å². The molecular weight excluding hydrogens is 544 g/mol. The van der Waals surface area contributed by atoms with Crippen molar-refractivity contribution in [1.29, 1.82) is 0 Å². The van der Waals surface area contributed by atoms with Crippen LogP contribution in [0.1, 0.15) is 102 Å². The fraction of sp³-hybridized carbons (Fsp3) is 0.710. The van der Waals surface area contributed by atoms with E-state index in [9.17, 15) is 14.4 Å². The van der Waals surface area contributed by atoms with Crippen LogP contribution >= 0.6 is 0 Å². The van der Waals surface area contributed by atoms with Gasteiger partial charge < -0.3 is 27.8 Å². The van der Waals surface area contributed by atoms with Gasteiger partial charge >= 0.3 is 17.9 Å². The Morgan fingerprint density at radius 3 is 2.29 bits per heavy atom. The smallest absolute Gasteiger partial charge is 0.345 e. The Balaban J connectivity index is 1.61. The summed E-state index contributed by atoms with van der Waals surface area (Å²) >= 11 is 0. The van der Waals surface area contributed by atoms with Crippen molar-refractivity contribution < 1.29 is 42.2 Å². The first-order valence-corrected chi connectivity index (χ1v) is 17.0. The van der Waals surface area contributed by atoms with Gasteiger partial charge in [0.05, 0.1) is 7.11 Å². The highest BCUT2D eigenvalue weighted by molar-refractivity contribution is 6.77. The summed E-state index contributed by atoms with van der Waals surface area (Å²) in [5.41, 5.74) is 1.08. The molecule has 0 aromatic carbocycles. The van der Waals surface area contributed by atoms with Crippen molar-refractivity contribution in [2.45, 2.75) is 127 Å². The third-order valence-electron chi connectivity index (χ3n) is 9.85. The number of ether oxygens (including phenoxy) is 4. The fourth-order valence-electron chi connectivity index (χ4n) is 8.03. The third kappa shape index (κ3) is 4.79. The summed E-state index contributed by atoms with van der Waals surface area (Å²) in [5.74, 6) is -0.747. The topological polar surface area (TPSA) is 114 Å². The van der Waals surface area contributed by atoms with Gasteiger partial charge in [-0.05, 0) is 54.4 Å².